The van der Waals surface area contributed by atoms with Crippen molar-refractivity contribution in [2.24, 2.45) is 10.2 Å². The minimum atomic E-state index is -0.547. The lowest BCUT2D eigenvalue weighted by Crippen LogP contribution is -2.26. The van der Waals surface area contributed by atoms with E-state index in [4.69, 9.17) is 14.2 Å². The van der Waals surface area contributed by atoms with Gasteiger partial charge in [0.2, 0.25) is 5.91 Å². The Hall–Kier alpha value is -3.33. The summed E-state index contributed by atoms with van der Waals surface area (Å²) in [6.45, 7) is 0. The number of ether oxygens (including phenoxy) is 3. The number of carbonyl (C=O) groups excluding carboxylic acids is 2. The highest BCUT2D eigenvalue weighted by Crippen LogP contribution is 2.27. The van der Waals surface area contributed by atoms with Crippen molar-refractivity contribution in [1.29, 1.82) is 0 Å². The second kappa shape index (κ2) is 9.93. The minimum Gasteiger partial charge on any atom is -0.497 e. The fourth-order valence-electron chi connectivity index (χ4n) is 2.73. The standard InChI is InChI=1S/C21H21N3O5S/c1-27-15-7-5-14(6-8-15)16(25)11-19-20(26)23-21(30-19)24-22-12-13-4-9-17(28-2)18(10-13)29-3/h4-10,12,19H,11H2,1-3H3,(H,23,24,26)/b22-12+. The zero-order valence-electron chi connectivity index (χ0n) is 16.7. The summed E-state index contributed by atoms with van der Waals surface area (Å²) in [5.74, 6) is 1.47. The number of carbonyl (C=O) groups is 2. The van der Waals surface area contributed by atoms with E-state index in [1.165, 1.54) is 18.0 Å². The van der Waals surface area contributed by atoms with E-state index < -0.39 is 5.25 Å². The average Bonchev–Trinajstić information content (AvgIpc) is 3.12. The maximum atomic E-state index is 12.4. The third-order valence-corrected chi connectivity index (χ3v) is 5.39. The number of hydrogen-bond acceptors (Lipinski definition) is 8. The quantitative estimate of drug-likeness (QED) is 0.395. The van der Waals surface area contributed by atoms with Crippen LogP contribution in [0.5, 0.6) is 17.2 Å². The summed E-state index contributed by atoms with van der Waals surface area (Å²) in [5, 5.41) is 10.5. The van der Waals surface area contributed by atoms with Gasteiger partial charge in [0.05, 0.1) is 32.8 Å². The van der Waals surface area contributed by atoms with Crippen molar-refractivity contribution in [2.75, 3.05) is 21.3 Å². The molecule has 1 aliphatic heterocycles. The molecule has 1 amide bonds. The monoisotopic (exact) mass is 427 g/mol. The van der Waals surface area contributed by atoms with E-state index in [0.717, 1.165) is 5.56 Å². The van der Waals surface area contributed by atoms with Gasteiger partial charge in [0.15, 0.2) is 22.4 Å². The van der Waals surface area contributed by atoms with Gasteiger partial charge < -0.3 is 19.5 Å². The number of nitrogens with zero attached hydrogens (tertiary/aromatic N) is 2. The molecule has 1 heterocycles. The normalized spacial score (nSPS) is 17.2. The molecule has 1 unspecified atom stereocenters. The highest BCUT2D eigenvalue weighted by Gasteiger charge is 2.32. The van der Waals surface area contributed by atoms with Crippen LogP contribution in [0, 0.1) is 0 Å². The van der Waals surface area contributed by atoms with Gasteiger partial charge in [-0.2, -0.15) is 5.10 Å². The molecular formula is C21H21N3O5S. The fraction of sp³-hybridized carbons (Fsp3) is 0.238. The molecule has 1 atom stereocenters. The number of thioether (sulfide) groups is 1. The first kappa shape index (κ1) is 21.4. The number of amidine groups is 1. The van der Waals surface area contributed by atoms with Crippen molar-refractivity contribution in [3.05, 3.63) is 53.6 Å². The molecule has 3 rings (SSSR count). The Bertz CT molecular complexity index is 989. The van der Waals surface area contributed by atoms with Crippen molar-refractivity contribution in [3.63, 3.8) is 0 Å². The summed E-state index contributed by atoms with van der Waals surface area (Å²) < 4.78 is 15.5. The van der Waals surface area contributed by atoms with E-state index in [2.05, 4.69) is 15.5 Å². The summed E-state index contributed by atoms with van der Waals surface area (Å²) in [6.07, 6.45) is 1.61. The van der Waals surface area contributed by atoms with Gasteiger partial charge in [0.1, 0.15) is 5.75 Å². The van der Waals surface area contributed by atoms with Crippen LogP contribution in [0.2, 0.25) is 0 Å². The predicted octanol–water partition coefficient (Wildman–Crippen LogP) is 2.91. The van der Waals surface area contributed by atoms with Crippen LogP contribution in [-0.4, -0.2) is 49.7 Å². The van der Waals surface area contributed by atoms with Gasteiger partial charge in [0.25, 0.3) is 0 Å². The van der Waals surface area contributed by atoms with Crippen molar-refractivity contribution in [1.82, 2.24) is 5.32 Å². The lowest BCUT2D eigenvalue weighted by molar-refractivity contribution is -0.118. The van der Waals surface area contributed by atoms with Crippen LogP contribution in [0.1, 0.15) is 22.3 Å². The van der Waals surface area contributed by atoms with E-state index in [-0.39, 0.29) is 18.1 Å². The van der Waals surface area contributed by atoms with Gasteiger partial charge in [-0.15, -0.1) is 5.10 Å². The van der Waals surface area contributed by atoms with E-state index in [1.54, 1.807) is 57.7 Å². The molecule has 1 fully saturated rings. The highest BCUT2D eigenvalue weighted by atomic mass is 32.2. The maximum absolute atomic E-state index is 12.4. The smallest absolute Gasteiger partial charge is 0.240 e. The van der Waals surface area contributed by atoms with Crippen LogP contribution in [0.15, 0.2) is 52.7 Å². The third kappa shape index (κ3) is 5.18. The van der Waals surface area contributed by atoms with Crippen LogP contribution in [-0.2, 0) is 4.79 Å². The van der Waals surface area contributed by atoms with Crippen LogP contribution in [0.25, 0.3) is 0 Å². The molecule has 2 aromatic carbocycles. The SMILES string of the molecule is COc1ccc(C(=O)CC2S/C(=N\N=C\c3ccc(OC)c(OC)c3)NC2=O)cc1. The van der Waals surface area contributed by atoms with Gasteiger partial charge >= 0.3 is 0 Å². The number of ketones is 1. The first-order chi connectivity index (χ1) is 14.5. The molecule has 0 bridgehead atoms. The molecule has 0 saturated carbocycles. The van der Waals surface area contributed by atoms with Gasteiger partial charge in [0, 0.05) is 12.0 Å². The van der Waals surface area contributed by atoms with Crippen LogP contribution < -0.4 is 19.5 Å². The number of rotatable bonds is 8. The third-order valence-electron chi connectivity index (χ3n) is 4.32. The molecule has 1 aliphatic rings. The van der Waals surface area contributed by atoms with Crippen LogP contribution >= 0.6 is 11.8 Å². The first-order valence-electron chi connectivity index (χ1n) is 9.02. The molecule has 0 aromatic heterocycles. The molecular weight excluding hydrogens is 406 g/mol. The van der Waals surface area contributed by atoms with E-state index >= 15 is 0 Å². The second-order valence-electron chi connectivity index (χ2n) is 6.22. The summed E-state index contributed by atoms with van der Waals surface area (Å²) >= 11 is 1.18. The van der Waals surface area contributed by atoms with E-state index in [9.17, 15) is 9.59 Å². The van der Waals surface area contributed by atoms with Gasteiger partial charge in [-0.25, -0.2) is 0 Å². The molecule has 156 valence electrons. The van der Waals surface area contributed by atoms with E-state index in [0.29, 0.717) is 28.0 Å². The van der Waals surface area contributed by atoms with Gasteiger partial charge in [-0.1, -0.05) is 11.8 Å². The highest BCUT2D eigenvalue weighted by molar-refractivity contribution is 8.15. The average molecular weight is 427 g/mol. The van der Waals surface area contributed by atoms with Crippen LogP contribution in [0.3, 0.4) is 0 Å². The fourth-order valence-corrected chi connectivity index (χ4v) is 3.65. The molecule has 1 saturated heterocycles. The number of Topliss-reactive ketones (excluding diaryl/α,β-unsaturated/α-hetero) is 1. The first-order valence-corrected chi connectivity index (χ1v) is 9.90. The Labute approximate surface area is 178 Å². The molecule has 2 aromatic rings. The number of nitrogens with one attached hydrogen (secondary N) is 1. The van der Waals surface area contributed by atoms with Gasteiger partial charge in [-0.3, -0.25) is 9.59 Å². The number of methoxy groups -OCH3 is 3. The zero-order chi connectivity index (χ0) is 21.5. The molecule has 0 radical (unpaired) electrons. The lowest BCUT2D eigenvalue weighted by Gasteiger charge is -2.07. The Morgan fingerprint density at radius 3 is 2.47 bits per heavy atom. The zero-order valence-corrected chi connectivity index (χ0v) is 17.6. The Morgan fingerprint density at radius 1 is 1.07 bits per heavy atom. The maximum Gasteiger partial charge on any atom is 0.240 e. The Kier molecular flexibility index (Phi) is 7.08. The Morgan fingerprint density at radius 2 is 1.80 bits per heavy atom. The second-order valence-corrected chi connectivity index (χ2v) is 7.41. The molecule has 9 heteroatoms. The topological polar surface area (TPSA) is 98.6 Å². The van der Waals surface area contributed by atoms with Crippen molar-refractivity contribution >= 4 is 34.8 Å². The largest absolute Gasteiger partial charge is 0.497 e. The number of benzene rings is 2. The van der Waals surface area contributed by atoms with Crippen molar-refractivity contribution < 1.29 is 23.8 Å². The molecule has 0 spiro atoms. The van der Waals surface area contributed by atoms with Crippen molar-refractivity contribution in [2.45, 2.75) is 11.7 Å². The number of hydrogen-bond donors (Lipinski definition) is 1. The molecule has 1 N–H and O–H groups in total. The number of amides is 1. The molecule has 0 aliphatic carbocycles. The van der Waals surface area contributed by atoms with Gasteiger partial charge in [-0.05, 0) is 48.0 Å². The van der Waals surface area contributed by atoms with E-state index in [1.807, 2.05) is 6.07 Å². The lowest BCUT2D eigenvalue weighted by atomic mass is 10.1. The minimum absolute atomic E-state index is 0.0707. The summed E-state index contributed by atoms with van der Waals surface area (Å²) in [5.41, 5.74) is 1.29. The Balaban J connectivity index is 1.61. The predicted molar refractivity (Wildman–Crippen MR) is 116 cm³/mol. The van der Waals surface area contributed by atoms with Crippen molar-refractivity contribution in [3.8, 4) is 17.2 Å². The summed E-state index contributed by atoms with van der Waals surface area (Å²) in [4.78, 5) is 24.6. The molecule has 8 nitrogen and oxygen atoms in total. The molecule has 30 heavy (non-hydrogen) atoms. The summed E-state index contributed by atoms with van der Waals surface area (Å²) in [6, 6.07) is 12.1. The van der Waals surface area contributed by atoms with Crippen LogP contribution in [0.4, 0.5) is 0 Å². The summed E-state index contributed by atoms with van der Waals surface area (Å²) in [7, 11) is 4.68.